The highest BCUT2D eigenvalue weighted by molar-refractivity contribution is 7.89. The molecular formula is C12H19N3O4S. The average molecular weight is 301 g/mol. The Morgan fingerprint density at radius 1 is 1.30 bits per heavy atom. The Balaban J connectivity index is 2.55. The molecule has 0 fully saturated rings. The molecule has 0 aliphatic heterocycles. The summed E-state index contributed by atoms with van der Waals surface area (Å²) >= 11 is 0. The van der Waals surface area contributed by atoms with Gasteiger partial charge in [0.15, 0.2) is 0 Å². The van der Waals surface area contributed by atoms with E-state index in [0.29, 0.717) is 6.54 Å². The monoisotopic (exact) mass is 301 g/mol. The first-order chi connectivity index (χ1) is 9.24. The molecule has 1 aromatic rings. The normalized spacial score (nSPS) is 13.4. The topological polar surface area (TPSA) is 92.6 Å². The van der Waals surface area contributed by atoms with Crippen LogP contribution in [-0.2, 0) is 10.0 Å². The standard InChI is InChI=1S/C12H19N3O4S/c1-10(13-8-9-20(18,19)14(2)3)11-4-6-12(7-5-11)15(16)17/h4-7,10,13H,8-9H2,1-3H3. The molecule has 1 unspecified atom stereocenters. The fourth-order valence-electron chi connectivity index (χ4n) is 1.59. The molecule has 112 valence electrons. The number of benzene rings is 1. The highest BCUT2D eigenvalue weighted by Crippen LogP contribution is 2.17. The van der Waals surface area contributed by atoms with Crippen molar-refractivity contribution in [1.29, 1.82) is 0 Å². The molecule has 8 heteroatoms. The second-order valence-corrected chi connectivity index (χ2v) is 6.93. The predicted molar refractivity (Wildman–Crippen MR) is 77.0 cm³/mol. The van der Waals surface area contributed by atoms with Crippen LogP contribution in [0.1, 0.15) is 18.5 Å². The van der Waals surface area contributed by atoms with E-state index in [0.717, 1.165) is 5.56 Å². The van der Waals surface area contributed by atoms with Gasteiger partial charge in [-0.2, -0.15) is 0 Å². The summed E-state index contributed by atoms with van der Waals surface area (Å²) in [6, 6.07) is 6.12. The summed E-state index contributed by atoms with van der Waals surface area (Å²) < 4.78 is 24.3. The van der Waals surface area contributed by atoms with E-state index in [1.807, 2.05) is 6.92 Å². The van der Waals surface area contributed by atoms with Crippen LogP contribution in [0, 0.1) is 10.1 Å². The third-order valence-electron chi connectivity index (χ3n) is 2.97. The molecule has 0 saturated carbocycles. The highest BCUT2D eigenvalue weighted by Gasteiger charge is 2.14. The van der Waals surface area contributed by atoms with Crippen LogP contribution in [0.2, 0.25) is 0 Å². The predicted octanol–water partition coefficient (Wildman–Crippen LogP) is 1.14. The zero-order valence-corrected chi connectivity index (χ0v) is 12.6. The minimum atomic E-state index is -3.21. The van der Waals surface area contributed by atoms with Gasteiger partial charge in [0.1, 0.15) is 0 Å². The largest absolute Gasteiger partial charge is 0.309 e. The van der Waals surface area contributed by atoms with Crippen molar-refractivity contribution in [2.75, 3.05) is 26.4 Å². The van der Waals surface area contributed by atoms with Crippen molar-refractivity contribution in [3.05, 3.63) is 39.9 Å². The molecule has 0 aliphatic rings. The summed E-state index contributed by atoms with van der Waals surface area (Å²) in [5.74, 6) is 0.0112. The summed E-state index contributed by atoms with van der Waals surface area (Å²) in [6.07, 6.45) is 0. The first kappa shape index (κ1) is 16.5. The van der Waals surface area contributed by atoms with E-state index in [2.05, 4.69) is 5.32 Å². The van der Waals surface area contributed by atoms with Gasteiger partial charge in [-0.1, -0.05) is 12.1 Å². The fraction of sp³-hybridized carbons (Fsp3) is 0.500. The van der Waals surface area contributed by atoms with Gasteiger partial charge in [-0.25, -0.2) is 12.7 Å². The quantitative estimate of drug-likeness (QED) is 0.602. The summed E-state index contributed by atoms with van der Waals surface area (Å²) in [7, 11) is -0.222. The van der Waals surface area contributed by atoms with E-state index in [1.165, 1.54) is 30.5 Å². The SMILES string of the molecule is CC(NCCS(=O)(=O)N(C)C)c1ccc([N+](=O)[O-])cc1. The minimum Gasteiger partial charge on any atom is -0.309 e. The molecule has 0 aliphatic carbocycles. The molecule has 1 aromatic carbocycles. The first-order valence-electron chi connectivity index (χ1n) is 6.12. The molecule has 20 heavy (non-hydrogen) atoms. The zero-order chi connectivity index (χ0) is 15.3. The minimum absolute atomic E-state index is 0.0112. The molecule has 0 amide bonds. The van der Waals surface area contributed by atoms with Crippen LogP contribution in [0.5, 0.6) is 0 Å². The highest BCUT2D eigenvalue weighted by atomic mass is 32.2. The van der Waals surface area contributed by atoms with Crippen molar-refractivity contribution in [1.82, 2.24) is 9.62 Å². The second-order valence-electron chi connectivity index (χ2n) is 4.62. The molecule has 0 spiro atoms. The molecular weight excluding hydrogens is 282 g/mol. The third kappa shape index (κ3) is 4.55. The van der Waals surface area contributed by atoms with E-state index in [9.17, 15) is 18.5 Å². The van der Waals surface area contributed by atoms with Gasteiger partial charge in [-0.05, 0) is 12.5 Å². The lowest BCUT2D eigenvalue weighted by molar-refractivity contribution is -0.384. The maximum absolute atomic E-state index is 11.6. The van der Waals surface area contributed by atoms with E-state index >= 15 is 0 Å². The van der Waals surface area contributed by atoms with Gasteiger partial charge in [0, 0.05) is 38.8 Å². The molecule has 1 rings (SSSR count). The van der Waals surface area contributed by atoms with Crippen molar-refractivity contribution >= 4 is 15.7 Å². The van der Waals surface area contributed by atoms with Crippen LogP contribution < -0.4 is 5.32 Å². The van der Waals surface area contributed by atoms with E-state index in [4.69, 9.17) is 0 Å². The number of nitrogens with zero attached hydrogens (tertiary/aromatic N) is 2. The van der Waals surface area contributed by atoms with Crippen molar-refractivity contribution in [2.45, 2.75) is 13.0 Å². The molecule has 0 heterocycles. The second kappa shape index (κ2) is 6.78. The van der Waals surface area contributed by atoms with Crippen molar-refractivity contribution in [3.8, 4) is 0 Å². The van der Waals surface area contributed by atoms with Gasteiger partial charge in [0.05, 0.1) is 10.7 Å². The number of hydrogen-bond donors (Lipinski definition) is 1. The summed E-state index contributed by atoms with van der Waals surface area (Å²) in [5, 5.41) is 13.6. The first-order valence-corrected chi connectivity index (χ1v) is 7.73. The third-order valence-corrected chi connectivity index (χ3v) is 4.80. The van der Waals surface area contributed by atoms with E-state index < -0.39 is 14.9 Å². The Labute approximate surface area is 118 Å². The van der Waals surface area contributed by atoms with Gasteiger partial charge in [-0.3, -0.25) is 10.1 Å². The molecule has 0 saturated heterocycles. The maximum atomic E-state index is 11.6. The Hall–Kier alpha value is -1.51. The molecule has 0 radical (unpaired) electrons. The van der Waals surface area contributed by atoms with Crippen molar-refractivity contribution in [2.24, 2.45) is 0 Å². The van der Waals surface area contributed by atoms with Crippen LogP contribution in [-0.4, -0.2) is 44.0 Å². The Morgan fingerprint density at radius 2 is 1.85 bits per heavy atom. The summed E-state index contributed by atoms with van der Waals surface area (Å²) in [6.45, 7) is 2.20. The molecule has 0 aromatic heterocycles. The number of non-ortho nitro benzene ring substituents is 1. The Morgan fingerprint density at radius 3 is 2.30 bits per heavy atom. The van der Waals surface area contributed by atoms with Crippen molar-refractivity contribution < 1.29 is 13.3 Å². The van der Waals surface area contributed by atoms with Crippen LogP contribution in [0.4, 0.5) is 5.69 Å². The van der Waals surface area contributed by atoms with Gasteiger partial charge in [0.2, 0.25) is 10.0 Å². The molecule has 1 N–H and O–H groups in total. The number of rotatable bonds is 7. The van der Waals surface area contributed by atoms with Crippen LogP contribution in [0.15, 0.2) is 24.3 Å². The lowest BCUT2D eigenvalue weighted by atomic mass is 10.1. The van der Waals surface area contributed by atoms with Gasteiger partial charge in [0.25, 0.3) is 5.69 Å². The van der Waals surface area contributed by atoms with Gasteiger partial charge < -0.3 is 5.32 Å². The van der Waals surface area contributed by atoms with Crippen LogP contribution in [0.3, 0.4) is 0 Å². The molecule has 7 nitrogen and oxygen atoms in total. The average Bonchev–Trinajstić information content (AvgIpc) is 2.38. The molecule has 0 bridgehead atoms. The fourth-order valence-corrected chi connectivity index (χ4v) is 2.33. The number of nitro groups is 1. The van der Waals surface area contributed by atoms with Gasteiger partial charge in [-0.15, -0.1) is 0 Å². The van der Waals surface area contributed by atoms with Gasteiger partial charge >= 0.3 is 0 Å². The van der Waals surface area contributed by atoms with Crippen LogP contribution >= 0.6 is 0 Å². The Bertz CT molecular complexity index is 555. The zero-order valence-electron chi connectivity index (χ0n) is 11.7. The lowest BCUT2D eigenvalue weighted by Crippen LogP contribution is -2.32. The summed E-state index contributed by atoms with van der Waals surface area (Å²) in [4.78, 5) is 10.1. The van der Waals surface area contributed by atoms with Crippen LogP contribution in [0.25, 0.3) is 0 Å². The Kier molecular flexibility index (Phi) is 5.61. The number of nitro benzene ring substituents is 1. The summed E-state index contributed by atoms with van der Waals surface area (Å²) in [5.41, 5.74) is 0.911. The number of hydrogen-bond acceptors (Lipinski definition) is 5. The van der Waals surface area contributed by atoms with E-state index in [-0.39, 0.29) is 17.5 Å². The maximum Gasteiger partial charge on any atom is 0.269 e. The smallest absolute Gasteiger partial charge is 0.269 e. The number of nitrogens with one attached hydrogen (secondary N) is 1. The molecule has 1 atom stereocenters. The van der Waals surface area contributed by atoms with E-state index in [1.54, 1.807) is 12.1 Å². The lowest BCUT2D eigenvalue weighted by Gasteiger charge is -2.16. The van der Waals surface area contributed by atoms with Crippen molar-refractivity contribution in [3.63, 3.8) is 0 Å². The number of sulfonamides is 1.